The summed E-state index contributed by atoms with van der Waals surface area (Å²) >= 11 is 0. The first-order valence-corrected chi connectivity index (χ1v) is 47.4. The number of fused-ring (bicyclic) bond motifs is 6. The first-order valence-electron chi connectivity index (χ1n) is 47.4. The third-order valence-corrected chi connectivity index (χ3v) is 28.9. The number of Topliss-reactive ketones (excluding diaryl/α,β-unsaturated/α-hetero) is 2. The van der Waals surface area contributed by atoms with E-state index in [1.165, 1.54) is 68.1 Å². The molecule has 1 heterocycles. The Labute approximate surface area is 813 Å². The number of esters is 1. The Morgan fingerprint density at radius 2 is 0.640 bits per heavy atom. The topological polar surface area (TPSA) is 175 Å². The van der Waals surface area contributed by atoms with Crippen LogP contribution in [-0.4, -0.2) is 39.4 Å². The number of hydrogen-bond donors (Lipinski definition) is 3. The summed E-state index contributed by atoms with van der Waals surface area (Å²) in [5, 5.41) is 33.2. The molecule has 0 aromatic heterocycles. The van der Waals surface area contributed by atoms with Gasteiger partial charge in [0, 0.05) is 65.7 Å². The number of oxime groups is 1. The number of hydrogen-bond acceptors (Lipinski definition) is 10. The quantitative estimate of drug-likeness (QED) is 0.0548. The van der Waals surface area contributed by atoms with Crippen LogP contribution in [0.25, 0.3) is 0 Å². The van der Waals surface area contributed by atoms with Crippen molar-refractivity contribution in [3.05, 3.63) is 638 Å². The maximum absolute atomic E-state index is 13.2. The summed E-state index contributed by atoms with van der Waals surface area (Å²) in [4.78, 5) is 42.1. The first kappa shape index (κ1) is 91.3. The van der Waals surface area contributed by atoms with E-state index in [1.54, 1.807) is 0 Å². The summed E-state index contributed by atoms with van der Waals surface area (Å²) in [6, 6.07) is 176. The van der Waals surface area contributed by atoms with E-state index in [2.05, 4.69) is 289 Å². The predicted octanol–water partition coefficient (Wildman–Crippen LogP) is 27.5. The molecule has 4 N–H and O–H groups in total. The Hall–Kier alpha value is -16.8. The normalized spacial score (nSPS) is 17.1. The summed E-state index contributed by atoms with van der Waals surface area (Å²) < 4.78 is 5.70. The SMILES string of the molecule is CC(=O)OC1CC(c2ccccc2)(c2ccccc2)c2ccccc21.N#CCC1C(=O)c2ccccc2C1(c1ccccc1)c1ccccc1.NC1=Nc2ccccc2C1(c1ccccc1)c1ccccc1.O/N=C1\CC(c2ccccc2)(c2ccccc2)c2ccccc21.O=C1CC(c2ccccc2)(c2ccccc2)c2ccccc21.OC1CC(c2ccccc2)(c2ccccc2)c2ccccc21. The molecule has 3 atom stereocenters. The second-order valence-corrected chi connectivity index (χ2v) is 36.0. The Bertz CT molecular complexity index is 7200. The average Bonchev–Trinajstić information content (AvgIpc) is 1.56. The lowest BCUT2D eigenvalue weighted by Crippen LogP contribution is -2.40. The molecule has 0 saturated heterocycles. The van der Waals surface area contributed by atoms with Gasteiger partial charge in [0.2, 0.25) is 0 Å². The van der Waals surface area contributed by atoms with Crippen molar-refractivity contribution in [2.75, 3.05) is 0 Å². The van der Waals surface area contributed by atoms with Crippen molar-refractivity contribution >= 4 is 34.8 Å². The number of carbonyl (C=O) groups excluding carboxylic acids is 3. The van der Waals surface area contributed by atoms with Gasteiger partial charge in [0.15, 0.2) is 11.6 Å². The van der Waals surface area contributed by atoms with Crippen LogP contribution in [-0.2, 0) is 42.0 Å². The minimum atomic E-state index is -0.619. The molecule has 676 valence electrons. The number of nitriles is 1. The molecule has 0 saturated carbocycles. The molecule has 24 rings (SSSR count). The van der Waals surface area contributed by atoms with Crippen LogP contribution >= 0.6 is 0 Å². The number of nitrogens with zero attached hydrogens (tertiary/aromatic N) is 3. The first-order chi connectivity index (χ1) is 68.3. The van der Waals surface area contributed by atoms with E-state index in [0.29, 0.717) is 25.1 Å². The Morgan fingerprint density at radius 3 is 1.04 bits per heavy atom. The van der Waals surface area contributed by atoms with Crippen LogP contribution in [0.1, 0.15) is 189 Å². The summed E-state index contributed by atoms with van der Waals surface area (Å²) in [7, 11) is 0. The van der Waals surface area contributed by atoms with Crippen LogP contribution in [0.4, 0.5) is 5.69 Å². The number of aliphatic imine (C=N–C) groups is 1. The molecule has 3 unspecified atom stereocenters. The van der Waals surface area contributed by atoms with Gasteiger partial charge in [0.25, 0.3) is 0 Å². The third-order valence-electron chi connectivity index (χ3n) is 28.9. The minimum Gasteiger partial charge on any atom is -0.458 e. The van der Waals surface area contributed by atoms with Crippen molar-refractivity contribution < 1.29 is 29.4 Å². The number of ketones is 2. The molecule has 0 fully saturated rings. The third kappa shape index (κ3) is 16.6. The summed E-state index contributed by atoms with van der Waals surface area (Å²) in [5.74, 6) is 0.260. The van der Waals surface area contributed by atoms with E-state index in [1.807, 2.05) is 237 Å². The van der Waals surface area contributed by atoms with Gasteiger partial charge in [0.1, 0.15) is 17.4 Å². The number of amidine groups is 1. The maximum atomic E-state index is 13.2. The van der Waals surface area contributed by atoms with Crippen LogP contribution in [0, 0.1) is 17.2 Å². The number of aliphatic hydroxyl groups is 1. The molecule has 0 radical (unpaired) electrons. The fourth-order valence-electron chi connectivity index (χ4n) is 23.0. The molecule has 139 heavy (non-hydrogen) atoms. The van der Waals surface area contributed by atoms with Crippen LogP contribution in [0.3, 0.4) is 0 Å². The van der Waals surface area contributed by atoms with Crippen molar-refractivity contribution in [1.29, 1.82) is 5.26 Å². The standard InChI is InChI=1S/C23H17NO.C23H20O2.C21H17NO.C21H18O.C21H16O.C20H16N2/c24-16-15-21-22(25)19-13-7-8-14-20(19)23(21,17-9-3-1-4-10-17)18-11-5-2-6-12-18;1-17(24)25-22-16-23(18-10-4-2-5-11-18,19-12-6-3-7-13-19)21-15-9-8-14-20(21)22;23-22-20-15-21(16-9-3-1-4-10-16,17-11-5-2-6-12-17)19-14-8-7-13-18(19)20;2*22-20-15-21(16-9-3-1-4-10-16,17-11-5-2-6-12-17)19-14-8-7-13-18(19)20;21-19-20(15-9-3-1-4-10-15,16-11-5-2-6-12-16)17-13-7-8-14-18(17)22-19/h1-14,21H,15H2;2-15,22H,16H2,1H3;1-14,23H,15H2;1-14,20,22H,15H2;1-14H,15H2;1-14H,(H2,21,22)/b;;22-20+;;;. The average molecular weight is 1810 g/mol. The van der Waals surface area contributed by atoms with Gasteiger partial charge in [-0.05, 0) is 118 Å². The number of aliphatic hydroxyl groups excluding tert-OH is 1. The van der Waals surface area contributed by atoms with E-state index in [4.69, 9.17) is 10.5 Å². The highest BCUT2D eigenvalue weighted by molar-refractivity contribution is 6.09. The molecule has 6 aliphatic rings. The van der Waals surface area contributed by atoms with E-state index in [0.717, 1.165) is 84.6 Å². The zero-order valence-corrected chi connectivity index (χ0v) is 77.2. The van der Waals surface area contributed by atoms with Gasteiger partial charge >= 0.3 is 5.97 Å². The molecule has 0 bridgehead atoms. The molecule has 1 aliphatic heterocycles. The van der Waals surface area contributed by atoms with Gasteiger partial charge in [-0.25, -0.2) is 4.99 Å². The number of benzene rings is 18. The summed E-state index contributed by atoms with van der Waals surface area (Å²) in [6.45, 7) is 1.48. The minimum absolute atomic E-state index is 0.0601. The van der Waals surface area contributed by atoms with Crippen LogP contribution < -0.4 is 5.73 Å². The molecular formula is C129H104N4O6. The number of carbonyl (C=O) groups is 3. The lowest BCUT2D eigenvalue weighted by atomic mass is 9.64. The van der Waals surface area contributed by atoms with Gasteiger partial charge in [0.05, 0.1) is 45.7 Å². The highest BCUT2D eigenvalue weighted by Crippen LogP contribution is 2.59. The second kappa shape index (κ2) is 40.4. The van der Waals surface area contributed by atoms with Crippen LogP contribution in [0.2, 0.25) is 0 Å². The Kier molecular flexibility index (Phi) is 26.5. The van der Waals surface area contributed by atoms with E-state index in [-0.39, 0.29) is 51.7 Å². The van der Waals surface area contributed by atoms with Crippen molar-refractivity contribution in [3.8, 4) is 6.07 Å². The van der Waals surface area contributed by atoms with Crippen LogP contribution in [0.5, 0.6) is 0 Å². The smallest absolute Gasteiger partial charge is 0.303 e. The molecule has 0 amide bonds. The van der Waals surface area contributed by atoms with Crippen molar-refractivity contribution in [2.24, 2.45) is 21.8 Å². The highest BCUT2D eigenvalue weighted by Gasteiger charge is 2.55. The monoisotopic (exact) mass is 1800 g/mol. The van der Waals surface area contributed by atoms with E-state index in [9.17, 15) is 30.0 Å². The van der Waals surface area contributed by atoms with E-state index < -0.39 is 22.9 Å². The molecule has 10 heteroatoms. The van der Waals surface area contributed by atoms with Crippen molar-refractivity contribution in [3.63, 3.8) is 0 Å². The number of ether oxygens (including phenoxy) is 1. The van der Waals surface area contributed by atoms with Crippen LogP contribution in [0.15, 0.2) is 520 Å². The van der Waals surface area contributed by atoms with Gasteiger partial charge in [-0.15, -0.1) is 0 Å². The fourth-order valence-corrected chi connectivity index (χ4v) is 23.0. The number of nitrogens with two attached hydrogens (primary N) is 1. The molecule has 18 aromatic rings. The zero-order chi connectivity index (χ0) is 95.2. The van der Waals surface area contributed by atoms with Crippen molar-refractivity contribution in [1.82, 2.24) is 0 Å². The molecule has 5 aliphatic carbocycles. The van der Waals surface area contributed by atoms with Gasteiger partial charge < -0.3 is 20.8 Å². The molecule has 0 spiro atoms. The maximum Gasteiger partial charge on any atom is 0.303 e. The summed E-state index contributed by atoms with van der Waals surface area (Å²) in [5.41, 5.74) is 31.6. The lowest BCUT2D eigenvalue weighted by molar-refractivity contribution is -0.146. The predicted molar refractivity (Wildman–Crippen MR) is 555 cm³/mol. The number of para-hydroxylation sites is 1. The van der Waals surface area contributed by atoms with Gasteiger partial charge in [-0.1, -0.05) is 509 Å². The zero-order valence-electron chi connectivity index (χ0n) is 77.2. The summed E-state index contributed by atoms with van der Waals surface area (Å²) in [6.07, 6.45) is 2.13. The van der Waals surface area contributed by atoms with Gasteiger partial charge in [-0.2, -0.15) is 5.26 Å². The van der Waals surface area contributed by atoms with E-state index >= 15 is 0 Å². The largest absolute Gasteiger partial charge is 0.458 e. The molecule has 18 aromatic carbocycles. The number of rotatable bonds is 14. The molecule has 10 nitrogen and oxygen atoms in total. The highest BCUT2D eigenvalue weighted by atomic mass is 16.5. The molecular weight excluding hydrogens is 1700 g/mol. The fraction of sp³-hybridized carbons (Fsp3) is 0.116. The van der Waals surface area contributed by atoms with Gasteiger partial charge in [-0.3, -0.25) is 14.4 Å². The Balaban J connectivity index is 0.000000106. The lowest BCUT2D eigenvalue weighted by Gasteiger charge is -2.36. The second-order valence-electron chi connectivity index (χ2n) is 36.0. The van der Waals surface area contributed by atoms with Crippen molar-refractivity contribution in [2.45, 2.75) is 83.7 Å². The Morgan fingerprint density at radius 1 is 0.345 bits per heavy atom.